The summed E-state index contributed by atoms with van der Waals surface area (Å²) in [7, 11) is -0.381. The van der Waals surface area contributed by atoms with Crippen molar-refractivity contribution >= 4 is 27.0 Å². The number of anilines is 1. The molecule has 2 aromatic rings. The molecule has 102 valence electrons. The Morgan fingerprint density at radius 3 is 2.89 bits per heavy atom. The summed E-state index contributed by atoms with van der Waals surface area (Å²) in [6.45, 7) is 0.240. The number of sulfonamides is 1. The van der Waals surface area contributed by atoms with Crippen molar-refractivity contribution < 1.29 is 8.42 Å². The van der Waals surface area contributed by atoms with Gasteiger partial charge in [0.1, 0.15) is 4.90 Å². The molecular formula is C11H14N4O2S2. The molecule has 2 aromatic heterocycles. The lowest BCUT2D eigenvalue weighted by Gasteiger charge is -2.17. The van der Waals surface area contributed by atoms with E-state index in [1.165, 1.54) is 28.9 Å². The zero-order chi connectivity index (χ0) is 13.9. The van der Waals surface area contributed by atoms with Crippen molar-refractivity contribution in [2.75, 3.05) is 19.4 Å². The molecule has 0 aliphatic rings. The number of thiazole rings is 1. The van der Waals surface area contributed by atoms with Crippen LogP contribution in [0.5, 0.6) is 0 Å². The van der Waals surface area contributed by atoms with E-state index in [4.69, 9.17) is 0 Å². The van der Waals surface area contributed by atoms with Gasteiger partial charge in [0.25, 0.3) is 0 Å². The molecule has 6 nitrogen and oxygen atoms in total. The zero-order valence-corrected chi connectivity index (χ0v) is 12.2. The molecule has 8 heteroatoms. The number of hydrogen-bond acceptors (Lipinski definition) is 6. The molecule has 1 N–H and O–H groups in total. The molecule has 0 atom stereocenters. The molecule has 0 radical (unpaired) electrons. The third kappa shape index (κ3) is 2.91. The average Bonchev–Trinajstić information content (AvgIpc) is 2.91. The van der Waals surface area contributed by atoms with Gasteiger partial charge >= 0.3 is 0 Å². The van der Waals surface area contributed by atoms with E-state index in [-0.39, 0.29) is 11.4 Å². The molecule has 0 spiro atoms. The Labute approximate surface area is 116 Å². The quantitative estimate of drug-likeness (QED) is 0.903. The second kappa shape index (κ2) is 5.64. The first-order valence-electron chi connectivity index (χ1n) is 5.51. The topological polar surface area (TPSA) is 75.2 Å². The van der Waals surface area contributed by atoms with E-state index < -0.39 is 10.0 Å². The Morgan fingerprint density at radius 1 is 1.47 bits per heavy atom. The summed E-state index contributed by atoms with van der Waals surface area (Å²) in [6.07, 6.45) is 2.89. The predicted octanol–water partition coefficient (Wildman–Crippen LogP) is 1.40. The van der Waals surface area contributed by atoms with Gasteiger partial charge in [-0.05, 0) is 6.07 Å². The maximum absolute atomic E-state index is 12.5. The molecule has 2 rings (SSSR count). The summed E-state index contributed by atoms with van der Waals surface area (Å²) >= 11 is 1.44. The first-order chi connectivity index (χ1) is 9.05. The molecule has 0 fully saturated rings. The highest BCUT2D eigenvalue weighted by Crippen LogP contribution is 2.23. The van der Waals surface area contributed by atoms with Crippen LogP contribution in [0, 0.1) is 0 Å². The Bertz CT molecular complexity index is 640. The fourth-order valence-corrected chi connectivity index (χ4v) is 3.42. The Balaban J connectivity index is 2.31. The summed E-state index contributed by atoms with van der Waals surface area (Å²) in [6, 6.07) is 1.63. The van der Waals surface area contributed by atoms with Crippen molar-refractivity contribution in [1.29, 1.82) is 0 Å². The monoisotopic (exact) mass is 298 g/mol. The number of nitrogens with zero attached hydrogens (tertiary/aromatic N) is 3. The normalized spacial score (nSPS) is 11.7. The van der Waals surface area contributed by atoms with Crippen molar-refractivity contribution in [3.05, 3.63) is 35.0 Å². The van der Waals surface area contributed by atoms with Gasteiger partial charge in [0.05, 0.1) is 23.4 Å². The summed E-state index contributed by atoms with van der Waals surface area (Å²) < 4.78 is 26.2. The number of nitrogens with one attached hydrogen (secondary N) is 1. The first kappa shape index (κ1) is 13.9. The van der Waals surface area contributed by atoms with Crippen molar-refractivity contribution in [2.45, 2.75) is 11.4 Å². The third-order valence-corrected chi connectivity index (χ3v) is 5.08. The van der Waals surface area contributed by atoms with Crippen LogP contribution in [0.15, 0.2) is 34.2 Å². The fourth-order valence-electron chi connectivity index (χ4n) is 1.59. The number of aromatic nitrogens is 2. The Hall–Kier alpha value is -1.51. The lowest BCUT2D eigenvalue weighted by molar-refractivity contribution is 0.463. The van der Waals surface area contributed by atoms with E-state index in [1.807, 2.05) is 5.38 Å². The van der Waals surface area contributed by atoms with Gasteiger partial charge in [-0.1, -0.05) is 0 Å². The third-order valence-electron chi connectivity index (χ3n) is 2.61. The van der Waals surface area contributed by atoms with E-state index >= 15 is 0 Å². The molecule has 0 aliphatic carbocycles. The fraction of sp³-hybridized carbons (Fsp3) is 0.273. The second-order valence-electron chi connectivity index (χ2n) is 3.86. The highest BCUT2D eigenvalue weighted by Gasteiger charge is 2.24. The van der Waals surface area contributed by atoms with E-state index in [9.17, 15) is 8.42 Å². The van der Waals surface area contributed by atoms with Crippen LogP contribution in [0.4, 0.5) is 5.69 Å². The maximum Gasteiger partial charge on any atom is 0.246 e. The van der Waals surface area contributed by atoms with Crippen LogP contribution < -0.4 is 5.32 Å². The Kier molecular flexibility index (Phi) is 4.13. The highest BCUT2D eigenvalue weighted by molar-refractivity contribution is 7.89. The van der Waals surface area contributed by atoms with Gasteiger partial charge in [-0.2, -0.15) is 4.31 Å². The average molecular weight is 298 g/mol. The van der Waals surface area contributed by atoms with Gasteiger partial charge in [-0.15, -0.1) is 11.3 Å². The van der Waals surface area contributed by atoms with Crippen molar-refractivity contribution in [3.8, 4) is 0 Å². The lowest BCUT2D eigenvalue weighted by Crippen LogP contribution is -2.27. The summed E-state index contributed by atoms with van der Waals surface area (Å²) in [5.41, 5.74) is 2.94. The standard InChI is InChI=1S/C11H14N4O2S2/c1-12-10-3-4-13-5-11(10)19(16,17)15(2)6-9-7-18-8-14-9/h3-5,7-8H,6H2,1-2H3,(H,12,13). The summed E-state index contributed by atoms with van der Waals surface area (Å²) in [4.78, 5) is 8.13. The van der Waals surface area contributed by atoms with Crippen LogP contribution in [-0.2, 0) is 16.6 Å². The lowest BCUT2D eigenvalue weighted by atomic mass is 10.4. The molecule has 0 saturated heterocycles. The second-order valence-corrected chi connectivity index (χ2v) is 6.59. The van der Waals surface area contributed by atoms with Crippen LogP contribution in [-0.4, -0.2) is 36.8 Å². The van der Waals surface area contributed by atoms with Crippen molar-refractivity contribution in [2.24, 2.45) is 0 Å². The van der Waals surface area contributed by atoms with E-state index in [2.05, 4.69) is 15.3 Å². The van der Waals surface area contributed by atoms with E-state index in [0.717, 1.165) is 5.69 Å². The van der Waals surface area contributed by atoms with E-state index in [0.29, 0.717) is 5.69 Å². The molecule has 0 aromatic carbocycles. The molecule has 0 bridgehead atoms. The van der Waals surface area contributed by atoms with Crippen LogP contribution in [0.1, 0.15) is 5.69 Å². The van der Waals surface area contributed by atoms with Gasteiger partial charge in [0, 0.05) is 31.9 Å². The van der Waals surface area contributed by atoms with Crippen LogP contribution >= 0.6 is 11.3 Å². The SMILES string of the molecule is CNc1ccncc1S(=O)(=O)N(C)Cc1cscn1. The molecule has 0 unspecified atom stereocenters. The Morgan fingerprint density at radius 2 is 2.26 bits per heavy atom. The molecule has 2 heterocycles. The molecule has 0 aliphatic heterocycles. The van der Waals surface area contributed by atoms with Gasteiger partial charge < -0.3 is 5.32 Å². The smallest absolute Gasteiger partial charge is 0.246 e. The van der Waals surface area contributed by atoms with Crippen LogP contribution in [0.25, 0.3) is 0 Å². The summed E-state index contributed by atoms with van der Waals surface area (Å²) in [5.74, 6) is 0. The first-order valence-corrected chi connectivity index (χ1v) is 7.89. The molecule has 0 saturated carbocycles. The van der Waals surface area contributed by atoms with Crippen LogP contribution in [0.3, 0.4) is 0 Å². The number of pyridine rings is 1. The number of hydrogen-bond donors (Lipinski definition) is 1. The minimum Gasteiger partial charge on any atom is -0.387 e. The van der Waals surface area contributed by atoms with Gasteiger partial charge in [0.15, 0.2) is 0 Å². The largest absolute Gasteiger partial charge is 0.387 e. The molecular weight excluding hydrogens is 284 g/mol. The van der Waals surface area contributed by atoms with Gasteiger partial charge in [0.2, 0.25) is 10.0 Å². The van der Waals surface area contributed by atoms with Crippen molar-refractivity contribution in [3.63, 3.8) is 0 Å². The number of rotatable bonds is 5. The zero-order valence-electron chi connectivity index (χ0n) is 10.6. The van der Waals surface area contributed by atoms with E-state index in [1.54, 1.807) is 24.8 Å². The van der Waals surface area contributed by atoms with Crippen LogP contribution in [0.2, 0.25) is 0 Å². The minimum absolute atomic E-state index is 0.162. The highest BCUT2D eigenvalue weighted by atomic mass is 32.2. The molecule has 0 amide bonds. The van der Waals surface area contributed by atoms with Gasteiger partial charge in [-0.25, -0.2) is 13.4 Å². The minimum atomic E-state index is -3.58. The van der Waals surface area contributed by atoms with Crippen molar-refractivity contribution in [1.82, 2.24) is 14.3 Å². The predicted molar refractivity (Wildman–Crippen MR) is 74.6 cm³/mol. The van der Waals surface area contributed by atoms with Gasteiger partial charge in [-0.3, -0.25) is 4.98 Å². The molecule has 19 heavy (non-hydrogen) atoms. The maximum atomic E-state index is 12.5. The summed E-state index contributed by atoms with van der Waals surface area (Å²) in [5, 5.41) is 4.68.